The van der Waals surface area contributed by atoms with Crippen LogP contribution in [0.25, 0.3) is 0 Å². The van der Waals surface area contributed by atoms with Crippen LogP contribution in [0.2, 0.25) is 0 Å². The van der Waals surface area contributed by atoms with Gasteiger partial charge in [0.2, 0.25) is 5.96 Å². The van der Waals surface area contributed by atoms with E-state index in [1.165, 1.54) is 5.56 Å². The van der Waals surface area contributed by atoms with Crippen molar-refractivity contribution in [2.45, 2.75) is 34.6 Å². The van der Waals surface area contributed by atoms with Gasteiger partial charge in [0.1, 0.15) is 6.07 Å². The smallest absolute Gasteiger partial charge is 0.211 e. The van der Waals surface area contributed by atoms with E-state index in [4.69, 9.17) is 11.5 Å². The molecular formula is C14H19N5. The van der Waals surface area contributed by atoms with Gasteiger partial charge in [-0.05, 0) is 62.4 Å². The number of guanidine groups is 1. The van der Waals surface area contributed by atoms with Crippen molar-refractivity contribution < 1.29 is 0 Å². The first kappa shape index (κ1) is 14.7. The highest BCUT2D eigenvalue weighted by Gasteiger charge is 2.16. The maximum absolute atomic E-state index is 9.26. The third kappa shape index (κ3) is 2.74. The number of nitrogens with two attached hydrogens (primary N) is 2. The Labute approximate surface area is 113 Å². The second-order valence-corrected chi connectivity index (χ2v) is 4.59. The second-order valence-electron chi connectivity index (χ2n) is 4.59. The third-order valence-corrected chi connectivity index (χ3v) is 3.61. The molecular weight excluding hydrogens is 238 g/mol. The standard InChI is InChI=1S/C14H19N5/c1-7-8(2)10(4)13(11(5)9(7)3)12(6-15)18-19-14(16)17/h1-5H3,(H4,16,17,19)/b18-12+. The van der Waals surface area contributed by atoms with Gasteiger partial charge in [-0.2, -0.15) is 5.26 Å². The zero-order valence-corrected chi connectivity index (χ0v) is 12.0. The van der Waals surface area contributed by atoms with Crippen molar-refractivity contribution in [1.82, 2.24) is 0 Å². The van der Waals surface area contributed by atoms with Crippen molar-refractivity contribution in [3.8, 4) is 6.07 Å². The molecule has 19 heavy (non-hydrogen) atoms. The first-order chi connectivity index (χ1) is 8.81. The minimum Gasteiger partial charge on any atom is -0.369 e. The normalized spacial score (nSPS) is 11.1. The van der Waals surface area contributed by atoms with E-state index in [-0.39, 0.29) is 11.7 Å². The Morgan fingerprint density at radius 1 is 0.842 bits per heavy atom. The first-order valence-electron chi connectivity index (χ1n) is 5.95. The van der Waals surface area contributed by atoms with Crippen molar-refractivity contribution in [3.05, 3.63) is 33.4 Å². The van der Waals surface area contributed by atoms with Gasteiger partial charge < -0.3 is 11.5 Å². The summed E-state index contributed by atoms with van der Waals surface area (Å²) in [4.78, 5) is 0. The molecule has 0 bridgehead atoms. The molecule has 0 unspecified atom stereocenters. The van der Waals surface area contributed by atoms with Gasteiger partial charge >= 0.3 is 0 Å². The van der Waals surface area contributed by atoms with Gasteiger partial charge in [0.15, 0.2) is 5.71 Å². The van der Waals surface area contributed by atoms with Gasteiger partial charge in [0, 0.05) is 5.56 Å². The minimum atomic E-state index is -0.163. The second kappa shape index (κ2) is 5.53. The Hall–Kier alpha value is -2.35. The summed E-state index contributed by atoms with van der Waals surface area (Å²) in [5, 5.41) is 16.7. The maximum atomic E-state index is 9.26. The summed E-state index contributed by atoms with van der Waals surface area (Å²) in [6, 6.07) is 2.06. The highest BCUT2D eigenvalue weighted by atomic mass is 15.3. The fourth-order valence-electron chi connectivity index (χ4n) is 2.09. The Kier molecular flexibility index (Phi) is 4.28. The molecule has 0 fully saturated rings. The van der Waals surface area contributed by atoms with Gasteiger partial charge in [-0.25, -0.2) is 0 Å². The van der Waals surface area contributed by atoms with E-state index in [1.807, 2.05) is 27.7 Å². The van der Waals surface area contributed by atoms with Gasteiger partial charge in [-0.15, -0.1) is 10.2 Å². The molecule has 1 aromatic carbocycles. The Balaban J connectivity index is 3.64. The fraction of sp³-hybridized carbons (Fsp3) is 0.357. The zero-order chi connectivity index (χ0) is 14.7. The first-order valence-corrected chi connectivity index (χ1v) is 5.95. The van der Waals surface area contributed by atoms with Crippen LogP contribution >= 0.6 is 0 Å². The molecule has 5 nitrogen and oxygen atoms in total. The highest BCUT2D eigenvalue weighted by Crippen LogP contribution is 2.26. The van der Waals surface area contributed by atoms with Crippen molar-refractivity contribution in [3.63, 3.8) is 0 Å². The largest absolute Gasteiger partial charge is 0.369 e. The molecule has 0 amide bonds. The summed E-state index contributed by atoms with van der Waals surface area (Å²) < 4.78 is 0. The summed E-state index contributed by atoms with van der Waals surface area (Å²) in [5.74, 6) is -0.163. The molecule has 0 heterocycles. The topological polar surface area (TPSA) is 101 Å². The molecule has 100 valence electrons. The Morgan fingerprint density at radius 2 is 1.26 bits per heavy atom. The molecule has 0 saturated carbocycles. The van der Waals surface area contributed by atoms with Gasteiger partial charge in [-0.3, -0.25) is 0 Å². The number of nitriles is 1. The minimum absolute atomic E-state index is 0.163. The lowest BCUT2D eigenvalue weighted by Crippen LogP contribution is -2.22. The average molecular weight is 257 g/mol. The predicted octanol–water partition coefficient (Wildman–Crippen LogP) is 1.73. The predicted molar refractivity (Wildman–Crippen MR) is 78.1 cm³/mol. The van der Waals surface area contributed by atoms with E-state index in [1.54, 1.807) is 0 Å². The molecule has 5 heteroatoms. The molecule has 1 aromatic rings. The van der Waals surface area contributed by atoms with Crippen LogP contribution in [0.5, 0.6) is 0 Å². The van der Waals surface area contributed by atoms with Crippen LogP contribution in [0.15, 0.2) is 10.2 Å². The number of hydrogen-bond donors (Lipinski definition) is 2. The van der Waals surface area contributed by atoms with Crippen molar-refractivity contribution in [2.24, 2.45) is 21.7 Å². The van der Waals surface area contributed by atoms with Crippen LogP contribution in [-0.2, 0) is 0 Å². The summed E-state index contributed by atoms with van der Waals surface area (Å²) >= 11 is 0. The van der Waals surface area contributed by atoms with Crippen molar-refractivity contribution in [1.29, 1.82) is 5.26 Å². The average Bonchev–Trinajstić information content (AvgIpc) is 2.37. The van der Waals surface area contributed by atoms with E-state index in [9.17, 15) is 5.26 Å². The Bertz CT molecular complexity index is 585. The molecule has 0 aliphatic heterocycles. The monoisotopic (exact) mass is 257 g/mol. The van der Waals surface area contributed by atoms with Crippen LogP contribution in [0.4, 0.5) is 0 Å². The van der Waals surface area contributed by atoms with Crippen LogP contribution in [0, 0.1) is 45.9 Å². The molecule has 1 rings (SSSR count). The summed E-state index contributed by atoms with van der Waals surface area (Å²) in [6.45, 7) is 10.1. The molecule has 4 N–H and O–H groups in total. The number of benzene rings is 1. The molecule has 0 aromatic heterocycles. The van der Waals surface area contributed by atoms with Crippen molar-refractivity contribution in [2.75, 3.05) is 0 Å². The molecule has 0 atom stereocenters. The maximum Gasteiger partial charge on any atom is 0.211 e. The van der Waals surface area contributed by atoms with Crippen molar-refractivity contribution >= 4 is 11.7 Å². The van der Waals surface area contributed by atoms with E-state index in [0.29, 0.717) is 0 Å². The van der Waals surface area contributed by atoms with Gasteiger partial charge in [0.25, 0.3) is 0 Å². The highest BCUT2D eigenvalue weighted by molar-refractivity contribution is 6.13. The summed E-state index contributed by atoms with van der Waals surface area (Å²) in [5.41, 5.74) is 17.2. The molecule has 0 spiro atoms. The van der Waals surface area contributed by atoms with Crippen LogP contribution in [0.1, 0.15) is 33.4 Å². The molecule has 0 saturated heterocycles. The number of rotatable bonds is 2. The van der Waals surface area contributed by atoms with Gasteiger partial charge in [-0.1, -0.05) is 0 Å². The Morgan fingerprint density at radius 3 is 1.63 bits per heavy atom. The van der Waals surface area contributed by atoms with Crippen LogP contribution in [0.3, 0.4) is 0 Å². The number of nitrogens with zero attached hydrogens (tertiary/aromatic N) is 3. The van der Waals surface area contributed by atoms with Crippen LogP contribution < -0.4 is 11.5 Å². The molecule has 0 aliphatic rings. The summed E-state index contributed by atoms with van der Waals surface area (Å²) in [7, 11) is 0. The molecule has 0 radical (unpaired) electrons. The SMILES string of the molecule is Cc1c(C)c(C)c(/C(C#N)=N/N=C(N)N)c(C)c1C. The van der Waals surface area contributed by atoms with E-state index >= 15 is 0 Å². The molecule has 0 aliphatic carbocycles. The zero-order valence-electron chi connectivity index (χ0n) is 12.0. The third-order valence-electron chi connectivity index (χ3n) is 3.61. The summed E-state index contributed by atoms with van der Waals surface area (Å²) in [6.07, 6.45) is 0. The van der Waals surface area contributed by atoms with E-state index in [0.717, 1.165) is 27.8 Å². The van der Waals surface area contributed by atoms with E-state index < -0.39 is 0 Å². The van der Waals surface area contributed by atoms with Gasteiger partial charge in [0.05, 0.1) is 0 Å². The van der Waals surface area contributed by atoms with E-state index in [2.05, 4.69) is 23.2 Å². The lowest BCUT2D eigenvalue weighted by molar-refractivity contribution is 1.15. The lowest BCUT2D eigenvalue weighted by Gasteiger charge is -2.17. The quantitative estimate of drug-likeness (QED) is 0.479. The fourth-order valence-corrected chi connectivity index (χ4v) is 2.09. The van der Waals surface area contributed by atoms with Crippen LogP contribution in [-0.4, -0.2) is 11.7 Å². The number of hydrogen-bond acceptors (Lipinski definition) is 3. The lowest BCUT2D eigenvalue weighted by atomic mass is 9.88.